The van der Waals surface area contributed by atoms with Gasteiger partial charge in [-0.3, -0.25) is 0 Å². The van der Waals surface area contributed by atoms with E-state index in [4.69, 9.17) is 4.74 Å². The molecule has 126 valence electrons. The highest BCUT2D eigenvalue weighted by Gasteiger charge is 2.12. The fraction of sp³-hybridized carbons (Fsp3) is 0.100. The molecule has 0 heterocycles. The van der Waals surface area contributed by atoms with Crippen LogP contribution in [0.4, 0.5) is 0 Å². The predicted molar refractivity (Wildman–Crippen MR) is 99.0 cm³/mol. The van der Waals surface area contributed by atoms with Gasteiger partial charge in [0.2, 0.25) is 10.0 Å². The molecule has 0 aliphatic rings. The molecule has 0 spiro atoms. The van der Waals surface area contributed by atoms with Crippen molar-refractivity contribution in [2.45, 2.75) is 4.90 Å². The molecule has 3 aromatic rings. The Labute approximate surface area is 147 Å². The zero-order chi connectivity index (χ0) is 17.7. The number of methoxy groups -OCH3 is 1. The second-order valence-corrected chi connectivity index (χ2v) is 7.13. The van der Waals surface area contributed by atoms with E-state index < -0.39 is 10.0 Å². The third kappa shape index (κ3) is 4.18. The Hall–Kier alpha value is -2.81. The van der Waals surface area contributed by atoms with Gasteiger partial charge < -0.3 is 4.74 Å². The number of hydrogen-bond acceptors (Lipinski definition) is 3. The molecule has 4 nitrogen and oxygen atoms in total. The maximum absolute atomic E-state index is 12.4. The minimum Gasteiger partial charge on any atom is -0.497 e. The van der Waals surface area contributed by atoms with E-state index in [1.54, 1.807) is 25.3 Å². The van der Waals surface area contributed by atoms with Crippen LogP contribution < -0.4 is 9.46 Å². The van der Waals surface area contributed by atoms with Crippen molar-refractivity contribution in [3.63, 3.8) is 0 Å². The molecule has 0 bridgehead atoms. The minimum absolute atomic E-state index is 0.0428. The van der Waals surface area contributed by atoms with Gasteiger partial charge in [0.05, 0.1) is 18.6 Å². The van der Waals surface area contributed by atoms with Gasteiger partial charge in [-0.25, -0.2) is 8.42 Å². The summed E-state index contributed by atoms with van der Waals surface area (Å²) in [5.41, 5.74) is 0.797. The van der Waals surface area contributed by atoms with E-state index in [1.165, 1.54) is 0 Å². The van der Waals surface area contributed by atoms with Crippen molar-refractivity contribution in [1.82, 2.24) is 4.72 Å². The second-order valence-electron chi connectivity index (χ2n) is 5.36. The number of benzene rings is 3. The Kier molecular flexibility index (Phi) is 5.03. The van der Waals surface area contributed by atoms with E-state index >= 15 is 0 Å². The second kappa shape index (κ2) is 7.39. The summed E-state index contributed by atoms with van der Waals surface area (Å²) in [4.78, 5) is 0.234. The van der Waals surface area contributed by atoms with Crippen LogP contribution in [0, 0.1) is 11.8 Å². The molecule has 0 amide bonds. The zero-order valence-electron chi connectivity index (χ0n) is 13.7. The number of fused-ring (bicyclic) bond motifs is 1. The van der Waals surface area contributed by atoms with Gasteiger partial charge in [0.1, 0.15) is 5.75 Å². The van der Waals surface area contributed by atoms with Crippen molar-refractivity contribution < 1.29 is 13.2 Å². The van der Waals surface area contributed by atoms with Gasteiger partial charge in [0, 0.05) is 5.56 Å². The van der Waals surface area contributed by atoms with Gasteiger partial charge in [0.25, 0.3) is 0 Å². The third-order valence-electron chi connectivity index (χ3n) is 3.70. The maximum atomic E-state index is 12.4. The van der Waals surface area contributed by atoms with E-state index in [0.29, 0.717) is 0 Å². The highest BCUT2D eigenvalue weighted by molar-refractivity contribution is 7.89. The van der Waals surface area contributed by atoms with Crippen LogP contribution in [0.2, 0.25) is 0 Å². The Bertz CT molecular complexity index is 1050. The molecule has 0 saturated heterocycles. The average Bonchev–Trinajstić information content (AvgIpc) is 2.65. The monoisotopic (exact) mass is 351 g/mol. The van der Waals surface area contributed by atoms with Crippen LogP contribution in [0.5, 0.6) is 5.75 Å². The molecule has 0 aromatic heterocycles. The molecule has 25 heavy (non-hydrogen) atoms. The third-order valence-corrected chi connectivity index (χ3v) is 5.10. The predicted octanol–water partition coefficient (Wildman–Crippen LogP) is 3.18. The summed E-state index contributed by atoms with van der Waals surface area (Å²) < 4.78 is 32.3. The van der Waals surface area contributed by atoms with E-state index in [9.17, 15) is 8.42 Å². The van der Waals surface area contributed by atoms with Crippen LogP contribution in [-0.2, 0) is 10.0 Å². The Morgan fingerprint density at radius 1 is 0.960 bits per heavy atom. The van der Waals surface area contributed by atoms with Gasteiger partial charge in [-0.05, 0) is 47.2 Å². The number of hydrogen-bond donors (Lipinski definition) is 1. The summed E-state index contributed by atoms with van der Waals surface area (Å²) in [6.07, 6.45) is 0. The SMILES string of the molecule is COc1ccc(C#CCNS(=O)(=O)c2ccc3ccccc3c2)cc1. The normalized spacial score (nSPS) is 10.9. The molecule has 0 aliphatic carbocycles. The lowest BCUT2D eigenvalue weighted by molar-refractivity contribution is 0.415. The lowest BCUT2D eigenvalue weighted by Gasteiger charge is -2.05. The van der Waals surface area contributed by atoms with E-state index in [0.717, 1.165) is 22.1 Å². The Balaban J connectivity index is 1.69. The summed E-state index contributed by atoms with van der Waals surface area (Å²) in [7, 11) is -1.99. The van der Waals surface area contributed by atoms with Crippen molar-refractivity contribution in [3.8, 4) is 17.6 Å². The summed E-state index contributed by atoms with van der Waals surface area (Å²) in [5, 5.41) is 1.88. The molecule has 0 radical (unpaired) electrons. The van der Waals surface area contributed by atoms with Crippen LogP contribution in [0.25, 0.3) is 10.8 Å². The molecule has 3 aromatic carbocycles. The maximum Gasteiger partial charge on any atom is 0.241 e. The highest BCUT2D eigenvalue weighted by Crippen LogP contribution is 2.18. The summed E-state index contributed by atoms with van der Waals surface area (Å²) in [6.45, 7) is 0.0428. The number of sulfonamides is 1. The molecule has 0 atom stereocenters. The molecule has 1 N–H and O–H groups in total. The van der Waals surface area contributed by atoms with Crippen LogP contribution in [0.3, 0.4) is 0 Å². The fourth-order valence-corrected chi connectivity index (χ4v) is 3.33. The average molecular weight is 351 g/mol. The van der Waals surface area contributed by atoms with Crippen molar-refractivity contribution in [3.05, 3.63) is 72.3 Å². The van der Waals surface area contributed by atoms with Crippen molar-refractivity contribution in [2.24, 2.45) is 0 Å². The zero-order valence-corrected chi connectivity index (χ0v) is 14.5. The largest absolute Gasteiger partial charge is 0.497 e. The fourth-order valence-electron chi connectivity index (χ4n) is 2.37. The lowest BCUT2D eigenvalue weighted by atomic mass is 10.1. The molecule has 0 unspecified atom stereocenters. The van der Waals surface area contributed by atoms with E-state index in [1.807, 2.05) is 48.5 Å². The standard InChI is InChI=1S/C20H17NO3S/c1-24-19-11-8-16(9-12-19)5-4-14-21-25(22,23)20-13-10-17-6-2-3-7-18(17)15-20/h2-3,6-13,15,21H,14H2,1H3. The molecule has 0 fully saturated rings. The molecule has 0 aliphatic heterocycles. The van der Waals surface area contributed by atoms with E-state index in [-0.39, 0.29) is 11.4 Å². The van der Waals surface area contributed by atoms with Crippen molar-refractivity contribution in [1.29, 1.82) is 0 Å². The quantitative estimate of drug-likeness (QED) is 0.735. The summed E-state index contributed by atoms with van der Waals surface area (Å²) in [6, 6.07) is 20.0. The minimum atomic E-state index is -3.59. The molecule has 0 saturated carbocycles. The molecular weight excluding hydrogens is 334 g/mol. The van der Waals surface area contributed by atoms with Crippen LogP contribution >= 0.6 is 0 Å². The number of rotatable bonds is 4. The first-order chi connectivity index (χ1) is 12.1. The Morgan fingerprint density at radius 2 is 1.68 bits per heavy atom. The van der Waals surface area contributed by atoms with Gasteiger partial charge in [-0.2, -0.15) is 4.72 Å². The first-order valence-electron chi connectivity index (χ1n) is 7.70. The molecule has 5 heteroatoms. The Morgan fingerprint density at radius 3 is 2.40 bits per heavy atom. The van der Waals surface area contributed by atoms with Crippen molar-refractivity contribution in [2.75, 3.05) is 13.7 Å². The number of ether oxygens (including phenoxy) is 1. The first-order valence-corrected chi connectivity index (χ1v) is 9.18. The highest BCUT2D eigenvalue weighted by atomic mass is 32.2. The van der Waals surface area contributed by atoms with Gasteiger partial charge in [-0.1, -0.05) is 42.2 Å². The van der Waals surface area contributed by atoms with Crippen molar-refractivity contribution >= 4 is 20.8 Å². The topological polar surface area (TPSA) is 55.4 Å². The number of nitrogens with one attached hydrogen (secondary N) is 1. The molecule has 3 rings (SSSR count). The smallest absolute Gasteiger partial charge is 0.241 e. The van der Waals surface area contributed by atoms with E-state index in [2.05, 4.69) is 16.6 Å². The molecular formula is C20H17NO3S. The lowest BCUT2D eigenvalue weighted by Crippen LogP contribution is -2.23. The van der Waals surface area contributed by atoms with Crippen LogP contribution in [0.15, 0.2) is 71.6 Å². The van der Waals surface area contributed by atoms with Gasteiger partial charge >= 0.3 is 0 Å². The van der Waals surface area contributed by atoms with Crippen LogP contribution in [0.1, 0.15) is 5.56 Å². The summed E-state index contributed by atoms with van der Waals surface area (Å²) in [5.74, 6) is 6.49. The first kappa shape index (κ1) is 17.0. The van der Waals surface area contributed by atoms with Gasteiger partial charge in [-0.15, -0.1) is 0 Å². The van der Waals surface area contributed by atoms with Crippen LogP contribution in [-0.4, -0.2) is 22.1 Å². The summed E-state index contributed by atoms with van der Waals surface area (Å²) >= 11 is 0. The van der Waals surface area contributed by atoms with Gasteiger partial charge in [0.15, 0.2) is 0 Å².